The summed E-state index contributed by atoms with van der Waals surface area (Å²) in [5, 5.41) is 3.30. The van der Waals surface area contributed by atoms with Crippen LogP contribution in [0.3, 0.4) is 0 Å². The van der Waals surface area contributed by atoms with Gasteiger partial charge >= 0.3 is 0 Å². The van der Waals surface area contributed by atoms with Crippen LogP contribution < -0.4 is 10.0 Å². The maximum Gasteiger partial charge on any atom is 0.240 e. The molecule has 0 amide bonds. The van der Waals surface area contributed by atoms with Gasteiger partial charge < -0.3 is 5.32 Å². The second-order valence-corrected chi connectivity index (χ2v) is 6.87. The lowest BCUT2D eigenvalue weighted by Crippen LogP contribution is -2.32. The highest BCUT2D eigenvalue weighted by molar-refractivity contribution is 7.89. The number of rotatable bonds is 8. The van der Waals surface area contributed by atoms with E-state index in [0.717, 1.165) is 24.9 Å². The van der Waals surface area contributed by atoms with Gasteiger partial charge in [0.15, 0.2) is 0 Å². The lowest BCUT2D eigenvalue weighted by Gasteiger charge is -2.15. The summed E-state index contributed by atoms with van der Waals surface area (Å²) in [7, 11) is -3.41. The van der Waals surface area contributed by atoms with Crippen LogP contribution >= 0.6 is 0 Å². The van der Waals surface area contributed by atoms with Crippen LogP contribution in [0.4, 0.5) is 0 Å². The zero-order chi connectivity index (χ0) is 15.2. The molecular weight excluding hydrogens is 272 g/mol. The smallest absolute Gasteiger partial charge is 0.240 e. The monoisotopic (exact) mass is 298 g/mol. The minimum Gasteiger partial charge on any atom is -0.310 e. The first kappa shape index (κ1) is 17.1. The third kappa shape index (κ3) is 4.89. The standard InChI is InChI=1S/C15H26N2O2S/c1-5-7-12(3)17-20(18,19)15-10-8-14(9-11-15)13(4)16-6-2/h8-13,16-17H,5-7H2,1-4H3. The zero-order valence-corrected chi connectivity index (χ0v) is 13.6. The third-order valence-electron chi connectivity index (χ3n) is 3.28. The molecule has 0 fully saturated rings. The maximum atomic E-state index is 12.2. The average molecular weight is 298 g/mol. The Morgan fingerprint density at radius 2 is 1.70 bits per heavy atom. The van der Waals surface area contributed by atoms with E-state index >= 15 is 0 Å². The highest BCUT2D eigenvalue weighted by Gasteiger charge is 2.17. The highest BCUT2D eigenvalue weighted by Crippen LogP contribution is 2.16. The minimum atomic E-state index is -3.41. The van der Waals surface area contributed by atoms with Gasteiger partial charge in [0.2, 0.25) is 10.0 Å². The van der Waals surface area contributed by atoms with E-state index in [4.69, 9.17) is 0 Å². The molecule has 1 aromatic rings. The predicted octanol–water partition coefficient (Wildman–Crippen LogP) is 2.82. The van der Waals surface area contributed by atoms with Crippen molar-refractivity contribution >= 4 is 10.0 Å². The molecule has 0 saturated carbocycles. The second kappa shape index (κ2) is 7.76. The van der Waals surface area contributed by atoms with E-state index in [1.165, 1.54) is 0 Å². The van der Waals surface area contributed by atoms with Crippen LogP contribution in [0, 0.1) is 0 Å². The summed E-state index contributed by atoms with van der Waals surface area (Å²) in [5.74, 6) is 0. The van der Waals surface area contributed by atoms with Gasteiger partial charge in [0.1, 0.15) is 0 Å². The quantitative estimate of drug-likeness (QED) is 0.776. The van der Waals surface area contributed by atoms with Crippen molar-refractivity contribution in [2.24, 2.45) is 0 Å². The minimum absolute atomic E-state index is 0.0367. The molecule has 1 aromatic carbocycles. The second-order valence-electron chi connectivity index (χ2n) is 5.16. The molecule has 0 spiro atoms. The Morgan fingerprint density at radius 3 is 2.20 bits per heavy atom. The van der Waals surface area contributed by atoms with Gasteiger partial charge in [-0.2, -0.15) is 0 Å². The van der Waals surface area contributed by atoms with E-state index in [0.29, 0.717) is 4.90 Å². The fraction of sp³-hybridized carbons (Fsp3) is 0.600. The molecule has 0 aliphatic carbocycles. The Morgan fingerprint density at radius 1 is 1.10 bits per heavy atom. The topological polar surface area (TPSA) is 58.2 Å². The Hall–Kier alpha value is -0.910. The molecule has 4 nitrogen and oxygen atoms in total. The molecule has 20 heavy (non-hydrogen) atoms. The van der Waals surface area contributed by atoms with Gasteiger partial charge in [0.25, 0.3) is 0 Å². The van der Waals surface area contributed by atoms with Crippen LogP contribution in [-0.4, -0.2) is 21.0 Å². The Balaban J connectivity index is 2.81. The molecule has 5 heteroatoms. The van der Waals surface area contributed by atoms with Crippen molar-refractivity contribution in [1.82, 2.24) is 10.0 Å². The summed E-state index contributed by atoms with van der Waals surface area (Å²) in [5.41, 5.74) is 1.09. The van der Waals surface area contributed by atoms with E-state index in [2.05, 4.69) is 17.0 Å². The van der Waals surface area contributed by atoms with Gasteiger partial charge in [-0.1, -0.05) is 32.4 Å². The van der Waals surface area contributed by atoms with Crippen molar-refractivity contribution < 1.29 is 8.42 Å². The van der Waals surface area contributed by atoms with Crippen LogP contribution in [0.15, 0.2) is 29.2 Å². The summed E-state index contributed by atoms with van der Waals surface area (Å²) in [6.07, 6.45) is 1.80. The zero-order valence-electron chi connectivity index (χ0n) is 12.8. The molecule has 0 aliphatic rings. The van der Waals surface area contributed by atoms with E-state index in [1.807, 2.05) is 32.9 Å². The van der Waals surface area contributed by atoms with Gasteiger partial charge in [-0.15, -0.1) is 0 Å². The first-order valence-electron chi connectivity index (χ1n) is 7.26. The molecule has 2 N–H and O–H groups in total. The molecule has 0 aliphatic heterocycles. The van der Waals surface area contributed by atoms with Gasteiger partial charge in [-0.25, -0.2) is 13.1 Å². The number of hydrogen-bond donors (Lipinski definition) is 2. The van der Waals surface area contributed by atoms with E-state index < -0.39 is 10.0 Å². The Labute approximate surface area is 123 Å². The van der Waals surface area contributed by atoms with E-state index in [-0.39, 0.29) is 12.1 Å². The van der Waals surface area contributed by atoms with Crippen LogP contribution in [0.1, 0.15) is 52.1 Å². The van der Waals surface area contributed by atoms with E-state index in [1.54, 1.807) is 12.1 Å². The fourth-order valence-corrected chi connectivity index (χ4v) is 3.46. The molecule has 114 valence electrons. The van der Waals surface area contributed by atoms with Crippen molar-refractivity contribution in [2.75, 3.05) is 6.54 Å². The van der Waals surface area contributed by atoms with Gasteiger partial charge in [-0.3, -0.25) is 0 Å². The summed E-state index contributed by atoms with van der Waals surface area (Å²) < 4.78 is 27.1. The van der Waals surface area contributed by atoms with Crippen LogP contribution in [0.5, 0.6) is 0 Å². The number of benzene rings is 1. The van der Waals surface area contributed by atoms with Crippen LogP contribution in [0.2, 0.25) is 0 Å². The maximum absolute atomic E-state index is 12.2. The SMILES string of the molecule is CCCC(C)NS(=O)(=O)c1ccc(C(C)NCC)cc1. The summed E-state index contributed by atoms with van der Waals surface area (Å²) in [6, 6.07) is 7.27. The molecule has 0 bridgehead atoms. The Bertz CT molecular complexity index is 497. The lowest BCUT2D eigenvalue weighted by molar-refractivity contribution is 0.543. The first-order valence-corrected chi connectivity index (χ1v) is 8.74. The number of hydrogen-bond acceptors (Lipinski definition) is 3. The van der Waals surface area contributed by atoms with Gasteiger partial charge in [0, 0.05) is 12.1 Å². The van der Waals surface area contributed by atoms with Crippen LogP contribution in [-0.2, 0) is 10.0 Å². The molecule has 0 aromatic heterocycles. The molecule has 2 atom stereocenters. The molecule has 0 heterocycles. The number of sulfonamides is 1. The van der Waals surface area contributed by atoms with Gasteiger partial charge in [-0.05, 0) is 44.5 Å². The predicted molar refractivity (Wildman–Crippen MR) is 83.2 cm³/mol. The first-order chi connectivity index (χ1) is 9.40. The van der Waals surface area contributed by atoms with Crippen molar-refractivity contribution in [2.45, 2.75) is 57.5 Å². The summed E-state index contributed by atoms with van der Waals surface area (Å²) in [6.45, 7) is 8.94. The largest absolute Gasteiger partial charge is 0.310 e. The van der Waals surface area contributed by atoms with Crippen molar-refractivity contribution in [1.29, 1.82) is 0 Å². The summed E-state index contributed by atoms with van der Waals surface area (Å²) >= 11 is 0. The van der Waals surface area contributed by atoms with Crippen molar-refractivity contribution in [3.8, 4) is 0 Å². The molecule has 2 unspecified atom stereocenters. The average Bonchev–Trinajstić information content (AvgIpc) is 2.39. The number of nitrogens with one attached hydrogen (secondary N) is 2. The van der Waals surface area contributed by atoms with Crippen molar-refractivity contribution in [3.63, 3.8) is 0 Å². The van der Waals surface area contributed by atoms with Crippen molar-refractivity contribution in [3.05, 3.63) is 29.8 Å². The van der Waals surface area contributed by atoms with E-state index in [9.17, 15) is 8.42 Å². The normalized spacial score (nSPS) is 15.0. The molecule has 1 rings (SSSR count). The lowest BCUT2D eigenvalue weighted by atomic mass is 10.1. The molecule has 0 radical (unpaired) electrons. The molecular formula is C15H26N2O2S. The molecule has 0 saturated heterocycles. The Kier molecular flexibility index (Phi) is 6.65. The van der Waals surface area contributed by atoms with Gasteiger partial charge in [0.05, 0.1) is 4.90 Å². The summed E-state index contributed by atoms with van der Waals surface area (Å²) in [4.78, 5) is 0.327. The van der Waals surface area contributed by atoms with Crippen LogP contribution in [0.25, 0.3) is 0 Å². The fourth-order valence-electron chi connectivity index (χ4n) is 2.18. The highest BCUT2D eigenvalue weighted by atomic mass is 32.2. The third-order valence-corrected chi connectivity index (χ3v) is 4.88.